The van der Waals surface area contributed by atoms with Crippen LogP contribution in [0.5, 0.6) is 0 Å². The maximum Gasteiger partial charge on any atom is 0.258 e. The Kier molecular flexibility index (Phi) is 4.87. The van der Waals surface area contributed by atoms with E-state index in [1.807, 2.05) is 0 Å². The van der Waals surface area contributed by atoms with E-state index in [1.165, 1.54) is 6.92 Å². The summed E-state index contributed by atoms with van der Waals surface area (Å²) >= 11 is 0. The quantitative estimate of drug-likeness (QED) is 0.833. The zero-order valence-electron chi connectivity index (χ0n) is 9.84. The van der Waals surface area contributed by atoms with Crippen molar-refractivity contribution in [1.82, 2.24) is 0 Å². The van der Waals surface area contributed by atoms with Crippen LogP contribution in [0.2, 0.25) is 0 Å². The lowest BCUT2D eigenvalue weighted by Crippen LogP contribution is -2.23. The van der Waals surface area contributed by atoms with Gasteiger partial charge in [-0.3, -0.25) is 4.79 Å². The van der Waals surface area contributed by atoms with E-state index < -0.39 is 12.5 Å². The first-order chi connectivity index (χ1) is 8.02. The molecule has 2 N–H and O–H groups in total. The van der Waals surface area contributed by atoms with Crippen LogP contribution in [0.25, 0.3) is 0 Å². The average Bonchev–Trinajstić information content (AvgIpc) is 2.31. The number of hydrogen-bond acceptors (Lipinski definition) is 2. The van der Waals surface area contributed by atoms with Gasteiger partial charge in [0.2, 0.25) is 5.91 Å². The van der Waals surface area contributed by atoms with Crippen molar-refractivity contribution in [1.29, 1.82) is 0 Å². The van der Waals surface area contributed by atoms with Crippen molar-refractivity contribution in [3.05, 3.63) is 24.3 Å². The third-order valence-corrected chi connectivity index (χ3v) is 2.26. The molecule has 0 fully saturated rings. The van der Waals surface area contributed by atoms with Crippen molar-refractivity contribution >= 4 is 17.3 Å². The minimum atomic E-state index is -2.41. The van der Waals surface area contributed by atoms with Crippen LogP contribution in [0.3, 0.4) is 0 Å². The molecule has 0 spiro atoms. The summed E-state index contributed by atoms with van der Waals surface area (Å²) in [5.74, 6) is -0.0772. The molecular formula is C12H16F2N2O. The lowest BCUT2D eigenvalue weighted by atomic mass is 10.2. The van der Waals surface area contributed by atoms with Crippen molar-refractivity contribution in [2.24, 2.45) is 0 Å². The molecule has 0 radical (unpaired) electrons. The van der Waals surface area contributed by atoms with Gasteiger partial charge in [-0.15, -0.1) is 0 Å². The third kappa shape index (κ3) is 4.38. The van der Waals surface area contributed by atoms with Gasteiger partial charge in [0.05, 0.1) is 6.04 Å². The maximum absolute atomic E-state index is 12.3. The predicted octanol–water partition coefficient (Wildman–Crippen LogP) is 3.10. The number of anilines is 2. The van der Waals surface area contributed by atoms with E-state index in [0.717, 1.165) is 0 Å². The number of amides is 1. The van der Waals surface area contributed by atoms with E-state index in [1.54, 1.807) is 31.2 Å². The Labute approximate surface area is 99.2 Å². The van der Waals surface area contributed by atoms with Crippen LogP contribution in [-0.4, -0.2) is 18.4 Å². The number of nitrogens with one attached hydrogen (secondary N) is 2. The standard InChI is InChI=1S/C12H16F2N2O/c1-3-11(17)16-10-6-4-9(5-7-10)15-8(2)12(13)14/h4-8,12,15H,3H2,1-2H3,(H,16,17). The number of benzene rings is 1. The van der Waals surface area contributed by atoms with E-state index in [2.05, 4.69) is 10.6 Å². The van der Waals surface area contributed by atoms with E-state index in [4.69, 9.17) is 0 Å². The minimum Gasteiger partial charge on any atom is -0.377 e. The van der Waals surface area contributed by atoms with Gasteiger partial charge >= 0.3 is 0 Å². The second-order valence-electron chi connectivity index (χ2n) is 3.75. The Hall–Kier alpha value is -1.65. The fourth-order valence-corrected chi connectivity index (χ4v) is 1.23. The highest BCUT2D eigenvalue weighted by Crippen LogP contribution is 2.16. The van der Waals surface area contributed by atoms with Gasteiger partial charge in [0, 0.05) is 17.8 Å². The molecule has 0 aromatic heterocycles. The first-order valence-corrected chi connectivity index (χ1v) is 5.47. The SMILES string of the molecule is CCC(=O)Nc1ccc(NC(C)C(F)F)cc1. The summed E-state index contributed by atoms with van der Waals surface area (Å²) in [7, 11) is 0. The lowest BCUT2D eigenvalue weighted by molar-refractivity contribution is -0.115. The van der Waals surface area contributed by atoms with Crippen LogP contribution in [0, 0.1) is 0 Å². The summed E-state index contributed by atoms with van der Waals surface area (Å²) in [6.07, 6.45) is -2.00. The molecule has 0 aliphatic heterocycles. The van der Waals surface area contributed by atoms with Crippen molar-refractivity contribution < 1.29 is 13.6 Å². The summed E-state index contributed by atoms with van der Waals surface area (Å²) in [5.41, 5.74) is 1.26. The summed E-state index contributed by atoms with van der Waals surface area (Å²) in [6, 6.07) is 5.77. The normalized spacial score (nSPS) is 12.3. The molecule has 1 amide bonds. The van der Waals surface area contributed by atoms with Gasteiger partial charge in [0.15, 0.2) is 0 Å². The molecule has 1 aromatic rings. The Morgan fingerprint density at radius 1 is 1.24 bits per heavy atom. The van der Waals surface area contributed by atoms with Gasteiger partial charge in [-0.25, -0.2) is 8.78 Å². The highest BCUT2D eigenvalue weighted by Gasteiger charge is 2.13. The summed E-state index contributed by atoms with van der Waals surface area (Å²) in [4.78, 5) is 11.1. The van der Waals surface area contributed by atoms with Gasteiger partial charge in [-0.1, -0.05) is 6.92 Å². The average molecular weight is 242 g/mol. The number of rotatable bonds is 5. The first-order valence-electron chi connectivity index (χ1n) is 5.47. The molecule has 0 bridgehead atoms. The Morgan fingerprint density at radius 2 is 1.76 bits per heavy atom. The van der Waals surface area contributed by atoms with Gasteiger partial charge in [0.1, 0.15) is 0 Å². The number of carbonyl (C=O) groups is 1. The second kappa shape index (κ2) is 6.18. The molecule has 1 atom stereocenters. The van der Waals surface area contributed by atoms with Crippen molar-refractivity contribution in [3.8, 4) is 0 Å². The third-order valence-electron chi connectivity index (χ3n) is 2.26. The molecule has 0 aliphatic rings. The number of halogens is 2. The molecule has 0 heterocycles. The first kappa shape index (κ1) is 13.4. The largest absolute Gasteiger partial charge is 0.377 e. The topological polar surface area (TPSA) is 41.1 Å². The Bertz CT molecular complexity index is 365. The van der Waals surface area contributed by atoms with Crippen LogP contribution < -0.4 is 10.6 Å². The molecule has 17 heavy (non-hydrogen) atoms. The minimum absolute atomic E-state index is 0.0772. The monoisotopic (exact) mass is 242 g/mol. The second-order valence-corrected chi connectivity index (χ2v) is 3.75. The molecule has 3 nitrogen and oxygen atoms in total. The zero-order chi connectivity index (χ0) is 12.8. The van der Waals surface area contributed by atoms with Crippen LogP contribution >= 0.6 is 0 Å². The van der Waals surface area contributed by atoms with Crippen molar-refractivity contribution in [3.63, 3.8) is 0 Å². The van der Waals surface area contributed by atoms with Gasteiger partial charge in [-0.2, -0.15) is 0 Å². The highest BCUT2D eigenvalue weighted by molar-refractivity contribution is 5.90. The Balaban J connectivity index is 2.59. The fraction of sp³-hybridized carbons (Fsp3) is 0.417. The molecule has 0 aliphatic carbocycles. The summed E-state index contributed by atoms with van der Waals surface area (Å²) in [5, 5.41) is 5.35. The molecule has 1 unspecified atom stereocenters. The van der Waals surface area contributed by atoms with Crippen molar-refractivity contribution in [2.45, 2.75) is 32.7 Å². The van der Waals surface area contributed by atoms with Gasteiger partial charge in [-0.05, 0) is 31.2 Å². The number of alkyl halides is 2. The van der Waals surface area contributed by atoms with Crippen LogP contribution in [0.15, 0.2) is 24.3 Å². The van der Waals surface area contributed by atoms with E-state index in [9.17, 15) is 13.6 Å². The molecule has 94 valence electrons. The molecule has 0 saturated heterocycles. The molecule has 5 heteroatoms. The van der Waals surface area contributed by atoms with Gasteiger partial charge in [0.25, 0.3) is 6.43 Å². The molecule has 1 aromatic carbocycles. The zero-order valence-corrected chi connectivity index (χ0v) is 9.84. The summed E-state index contributed by atoms with van der Waals surface area (Å²) in [6.45, 7) is 3.17. The molecular weight excluding hydrogens is 226 g/mol. The fourth-order valence-electron chi connectivity index (χ4n) is 1.23. The maximum atomic E-state index is 12.3. The van der Waals surface area contributed by atoms with Crippen LogP contribution in [0.4, 0.5) is 20.2 Å². The van der Waals surface area contributed by atoms with E-state index in [0.29, 0.717) is 17.8 Å². The summed E-state index contributed by atoms with van der Waals surface area (Å²) < 4.78 is 24.6. The smallest absolute Gasteiger partial charge is 0.258 e. The molecule has 1 rings (SSSR count). The van der Waals surface area contributed by atoms with E-state index in [-0.39, 0.29) is 5.91 Å². The highest BCUT2D eigenvalue weighted by atomic mass is 19.3. The molecule has 0 saturated carbocycles. The van der Waals surface area contributed by atoms with Crippen molar-refractivity contribution in [2.75, 3.05) is 10.6 Å². The lowest BCUT2D eigenvalue weighted by Gasteiger charge is -2.14. The Morgan fingerprint density at radius 3 is 2.24 bits per heavy atom. The van der Waals surface area contributed by atoms with E-state index >= 15 is 0 Å². The number of carbonyl (C=O) groups excluding carboxylic acids is 1. The number of hydrogen-bond donors (Lipinski definition) is 2. The predicted molar refractivity (Wildman–Crippen MR) is 64.5 cm³/mol. The van der Waals surface area contributed by atoms with Gasteiger partial charge < -0.3 is 10.6 Å². The van der Waals surface area contributed by atoms with Crippen LogP contribution in [-0.2, 0) is 4.79 Å². The van der Waals surface area contributed by atoms with Crippen LogP contribution in [0.1, 0.15) is 20.3 Å².